The molecule has 7 heteroatoms. The Labute approximate surface area is 189 Å². The van der Waals surface area contributed by atoms with Gasteiger partial charge in [0.25, 0.3) is 0 Å². The number of carbonyl (C=O) groups excluding carboxylic acids is 1. The van der Waals surface area contributed by atoms with E-state index >= 15 is 0 Å². The summed E-state index contributed by atoms with van der Waals surface area (Å²) in [7, 11) is 0. The van der Waals surface area contributed by atoms with Crippen LogP contribution in [0.15, 0.2) is 48.5 Å². The lowest BCUT2D eigenvalue weighted by Gasteiger charge is -2.39. The molecule has 0 bridgehead atoms. The zero-order valence-corrected chi connectivity index (χ0v) is 19.0. The van der Waals surface area contributed by atoms with Gasteiger partial charge in [0.1, 0.15) is 23.4 Å². The summed E-state index contributed by atoms with van der Waals surface area (Å²) in [6.45, 7) is 9.03. The molecular formula is C25H33FN4O2. The van der Waals surface area contributed by atoms with Crippen molar-refractivity contribution in [2.45, 2.75) is 38.8 Å². The Hall–Kier alpha value is -2.80. The molecule has 2 aliphatic rings. The maximum atomic E-state index is 14.8. The Morgan fingerprint density at radius 2 is 1.66 bits per heavy atom. The highest BCUT2D eigenvalue weighted by molar-refractivity contribution is 5.93. The summed E-state index contributed by atoms with van der Waals surface area (Å²) in [5.74, 6) is 0.452. The summed E-state index contributed by atoms with van der Waals surface area (Å²) in [4.78, 5) is 19.3. The highest BCUT2D eigenvalue weighted by Gasteiger charge is 2.27. The van der Waals surface area contributed by atoms with Gasteiger partial charge in [0.05, 0.1) is 5.69 Å². The van der Waals surface area contributed by atoms with Gasteiger partial charge in [-0.25, -0.2) is 9.18 Å². The Bertz CT molecular complexity index is 892. The largest absolute Gasteiger partial charge is 0.490 e. The number of amides is 2. The number of halogens is 1. The molecule has 2 heterocycles. The van der Waals surface area contributed by atoms with Crippen LogP contribution in [0, 0.1) is 5.82 Å². The molecule has 172 valence electrons. The molecule has 0 saturated carbocycles. The van der Waals surface area contributed by atoms with Crippen LogP contribution in [0.1, 0.15) is 26.7 Å². The third kappa shape index (κ3) is 5.33. The minimum Gasteiger partial charge on any atom is -0.490 e. The van der Waals surface area contributed by atoms with Crippen LogP contribution in [0.3, 0.4) is 0 Å². The standard InChI is InChI=1S/C25H33FN4O2/c1-19(2)28-15-17-29(18-16-28)23-10-6-9-22(26)24(23)27-25(31)30-13-11-21(12-14-30)32-20-7-4-3-5-8-20/h3-10,19,21H,11-18H2,1-2H3,(H,27,31). The van der Waals surface area contributed by atoms with Crippen molar-refractivity contribution in [3.63, 3.8) is 0 Å². The fourth-order valence-corrected chi connectivity index (χ4v) is 4.43. The number of nitrogens with zero attached hydrogens (tertiary/aromatic N) is 3. The van der Waals surface area contributed by atoms with Crippen molar-refractivity contribution in [2.75, 3.05) is 49.5 Å². The van der Waals surface area contributed by atoms with E-state index in [0.717, 1.165) is 50.5 Å². The summed E-state index contributed by atoms with van der Waals surface area (Å²) in [5, 5.41) is 2.86. The Kier molecular flexibility index (Phi) is 7.15. The first-order valence-corrected chi connectivity index (χ1v) is 11.6. The van der Waals surface area contributed by atoms with Gasteiger partial charge in [-0.2, -0.15) is 0 Å². The van der Waals surface area contributed by atoms with Gasteiger partial charge < -0.3 is 19.9 Å². The summed E-state index contributed by atoms with van der Waals surface area (Å²) < 4.78 is 20.8. The van der Waals surface area contributed by atoms with Crippen LogP contribution >= 0.6 is 0 Å². The highest BCUT2D eigenvalue weighted by Crippen LogP contribution is 2.30. The van der Waals surface area contributed by atoms with Gasteiger partial charge in [0.15, 0.2) is 0 Å². The Morgan fingerprint density at radius 1 is 0.969 bits per heavy atom. The normalized spacial score (nSPS) is 18.1. The number of likely N-dealkylation sites (tertiary alicyclic amines) is 1. The smallest absolute Gasteiger partial charge is 0.321 e. The van der Waals surface area contributed by atoms with Gasteiger partial charge in [0, 0.05) is 58.2 Å². The number of urea groups is 1. The van der Waals surface area contributed by atoms with Gasteiger partial charge >= 0.3 is 6.03 Å². The van der Waals surface area contributed by atoms with E-state index in [2.05, 4.69) is 29.0 Å². The predicted octanol–water partition coefficient (Wildman–Crippen LogP) is 4.43. The second-order valence-electron chi connectivity index (χ2n) is 8.80. The van der Waals surface area contributed by atoms with Crippen LogP contribution < -0.4 is 15.0 Å². The topological polar surface area (TPSA) is 48.0 Å². The number of benzene rings is 2. The number of nitrogens with one attached hydrogen (secondary N) is 1. The van der Waals surface area contributed by atoms with Crippen LogP contribution in [0.2, 0.25) is 0 Å². The fourth-order valence-electron chi connectivity index (χ4n) is 4.43. The van der Waals surface area contributed by atoms with Gasteiger partial charge in [-0.3, -0.25) is 4.90 Å². The second kappa shape index (κ2) is 10.2. The van der Waals surface area contributed by atoms with E-state index in [1.54, 1.807) is 11.0 Å². The van der Waals surface area contributed by atoms with Crippen LogP contribution in [-0.4, -0.2) is 67.2 Å². The number of hydrogen-bond donors (Lipinski definition) is 1. The van der Waals surface area contributed by atoms with Gasteiger partial charge in [-0.1, -0.05) is 24.3 Å². The van der Waals surface area contributed by atoms with Crippen molar-refractivity contribution in [1.29, 1.82) is 0 Å². The number of carbonyl (C=O) groups is 1. The van der Waals surface area contributed by atoms with Crippen LogP contribution in [-0.2, 0) is 0 Å². The van der Waals surface area contributed by atoms with E-state index in [4.69, 9.17) is 4.74 Å². The van der Waals surface area contributed by atoms with E-state index in [9.17, 15) is 9.18 Å². The molecule has 0 radical (unpaired) electrons. The minimum atomic E-state index is -0.399. The number of piperazine rings is 1. The van der Waals surface area contributed by atoms with E-state index in [-0.39, 0.29) is 17.8 Å². The zero-order chi connectivity index (χ0) is 22.5. The van der Waals surface area contributed by atoms with Crippen molar-refractivity contribution in [1.82, 2.24) is 9.80 Å². The SMILES string of the molecule is CC(C)N1CCN(c2cccc(F)c2NC(=O)N2CCC(Oc3ccccc3)CC2)CC1. The summed E-state index contributed by atoms with van der Waals surface area (Å²) in [5.41, 5.74) is 1.03. The molecule has 2 aromatic carbocycles. The van der Waals surface area contributed by atoms with Crippen molar-refractivity contribution in [2.24, 2.45) is 0 Å². The highest BCUT2D eigenvalue weighted by atomic mass is 19.1. The molecule has 0 aliphatic carbocycles. The average molecular weight is 441 g/mol. The molecule has 2 aliphatic heterocycles. The van der Waals surface area contributed by atoms with Crippen LogP contribution in [0.5, 0.6) is 5.75 Å². The van der Waals surface area contributed by atoms with E-state index < -0.39 is 5.82 Å². The molecule has 2 amide bonds. The molecule has 4 rings (SSSR count). The number of rotatable bonds is 5. The molecule has 6 nitrogen and oxygen atoms in total. The molecular weight excluding hydrogens is 407 g/mol. The maximum absolute atomic E-state index is 14.8. The first-order chi connectivity index (χ1) is 15.5. The molecule has 2 fully saturated rings. The number of para-hydroxylation sites is 2. The third-order valence-corrected chi connectivity index (χ3v) is 6.38. The first kappa shape index (κ1) is 22.4. The summed E-state index contributed by atoms with van der Waals surface area (Å²) >= 11 is 0. The number of anilines is 2. The number of ether oxygens (including phenoxy) is 1. The average Bonchev–Trinajstić information content (AvgIpc) is 2.81. The van der Waals surface area contributed by atoms with Crippen molar-refractivity contribution >= 4 is 17.4 Å². The molecule has 0 spiro atoms. The molecule has 0 aromatic heterocycles. The van der Waals surface area contributed by atoms with Gasteiger partial charge in [0.2, 0.25) is 0 Å². The first-order valence-electron chi connectivity index (χ1n) is 11.6. The van der Waals surface area contributed by atoms with Crippen molar-refractivity contribution < 1.29 is 13.9 Å². The lowest BCUT2D eigenvalue weighted by Crippen LogP contribution is -2.49. The maximum Gasteiger partial charge on any atom is 0.321 e. The number of hydrogen-bond acceptors (Lipinski definition) is 4. The monoisotopic (exact) mass is 440 g/mol. The second-order valence-corrected chi connectivity index (χ2v) is 8.80. The fraction of sp³-hybridized carbons (Fsp3) is 0.480. The Balaban J connectivity index is 1.36. The molecule has 32 heavy (non-hydrogen) atoms. The lowest BCUT2D eigenvalue weighted by molar-refractivity contribution is 0.115. The van der Waals surface area contributed by atoms with Crippen molar-refractivity contribution in [3.8, 4) is 5.75 Å². The van der Waals surface area contributed by atoms with Gasteiger partial charge in [-0.15, -0.1) is 0 Å². The van der Waals surface area contributed by atoms with E-state index in [1.807, 2.05) is 36.4 Å². The van der Waals surface area contributed by atoms with E-state index in [0.29, 0.717) is 19.1 Å². The van der Waals surface area contributed by atoms with Gasteiger partial charge in [-0.05, 0) is 38.1 Å². The molecule has 0 unspecified atom stereocenters. The molecule has 0 atom stereocenters. The molecule has 2 saturated heterocycles. The van der Waals surface area contributed by atoms with Crippen LogP contribution in [0.25, 0.3) is 0 Å². The lowest BCUT2D eigenvalue weighted by atomic mass is 10.1. The number of piperidine rings is 1. The predicted molar refractivity (Wildman–Crippen MR) is 126 cm³/mol. The minimum absolute atomic E-state index is 0.0859. The summed E-state index contributed by atoms with van der Waals surface area (Å²) in [6.07, 6.45) is 1.59. The van der Waals surface area contributed by atoms with Crippen LogP contribution in [0.4, 0.5) is 20.6 Å². The third-order valence-electron chi connectivity index (χ3n) is 6.38. The quantitative estimate of drug-likeness (QED) is 0.747. The zero-order valence-electron chi connectivity index (χ0n) is 19.0. The molecule has 1 N–H and O–H groups in total. The van der Waals surface area contributed by atoms with E-state index in [1.165, 1.54) is 6.07 Å². The summed E-state index contributed by atoms with van der Waals surface area (Å²) in [6, 6.07) is 15.0. The molecule has 2 aromatic rings. The van der Waals surface area contributed by atoms with Crippen molar-refractivity contribution in [3.05, 3.63) is 54.3 Å². The Morgan fingerprint density at radius 3 is 2.31 bits per heavy atom.